The van der Waals surface area contributed by atoms with Gasteiger partial charge in [0.1, 0.15) is 5.69 Å². The molecule has 0 spiro atoms. The highest BCUT2D eigenvalue weighted by Crippen LogP contribution is 2.13. The Hall–Kier alpha value is -1.04. The highest BCUT2D eigenvalue weighted by molar-refractivity contribution is 7.89. The average molecular weight is 324 g/mol. The molecule has 1 saturated heterocycles. The Bertz CT molecular complexity index is 666. The lowest BCUT2D eigenvalue weighted by Gasteiger charge is -2.14. The van der Waals surface area contributed by atoms with E-state index in [1.807, 2.05) is 0 Å². The quantitative estimate of drug-likeness (QED) is 0.708. The largest absolute Gasteiger partial charge is 0.263 e. The Morgan fingerprint density at radius 3 is 2.75 bits per heavy atom. The second-order valence-corrected chi connectivity index (χ2v) is 8.11. The standard InChI is InChI=1S/C9H16N4O5S2/c1-2-8-9(12-18-11-8)20(16,17)10-4-6-13-5-3-7-19(13,14)15/h10H,2-7H2,1H3. The number of aryl methyl sites for hydroxylation is 1. The molecule has 2 rings (SSSR count). The van der Waals surface area contributed by atoms with Crippen molar-refractivity contribution in [1.82, 2.24) is 19.3 Å². The fraction of sp³-hybridized carbons (Fsp3) is 0.778. The van der Waals surface area contributed by atoms with Crippen LogP contribution in [0.2, 0.25) is 0 Å². The third-order valence-electron chi connectivity index (χ3n) is 2.97. The molecule has 1 N–H and O–H groups in total. The molecular formula is C9H16N4O5S2. The Morgan fingerprint density at radius 1 is 1.40 bits per heavy atom. The van der Waals surface area contributed by atoms with Gasteiger partial charge in [-0.2, -0.15) is 0 Å². The maximum Gasteiger partial charge on any atom is 0.263 e. The molecule has 0 aromatic carbocycles. The number of rotatable bonds is 6. The van der Waals surface area contributed by atoms with Gasteiger partial charge < -0.3 is 0 Å². The van der Waals surface area contributed by atoms with Gasteiger partial charge in [0.2, 0.25) is 15.0 Å². The van der Waals surface area contributed by atoms with Crippen LogP contribution in [0.5, 0.6) is 0 Å². The third-order valence-corrected chi connectivity index (χ3v) is 6.33. The first-order valence-corrected chi connectivity index (χ1v) is 9.25. The van der Waals surface area contributed by atoms with E-state index in [4.69, 9.17) is 0 Å². The summed E-state index contributed by atoms with van der Waals surface area (Å²) in [5.41, 5.74) is 0.242. The minimum atomic E-state index is -3.83. The summed E-state index contributed by atoms with van der Waals surface area (Å²) in [5.74, 6) is 0.118. The van der Waals surface area contributed by atoms with Crippen LogP contribution in [-0.4, -0.2) is 56.8 Å². The summed E-state index contributed by atoms with van der Waals surface area (Å²) in [5, 5.41) is 6.62. The topological polar surface area (TPSA) is 122 Å². The lowest BCUT2D eigenvalue weighted by Crippen LogP contribution is -2.36. The molecule has 0 aliphatic carbocycles. The van der Waals surface area contributed by atoms with Crippen molar-refractivity contribution in [1.29, 1.82) is 0 Å². The maximum absolute atomic E-state index is 12.0. The molecule has 11 heteroatoms. The molecule has 0 unspecified atom stereocenters. The van der Waals surface area contributed by atoms with Crippen molar-refractivity contribution >= 4 is 20.0 Å². The fourth-order valence-corrected chi connectivity index (χ4v) is 4.58. The number of aromatic nitrogens is 2. The van der Waals surface area contributed by atoms with Crippen molar-refractivity contribution in [2.24, 2.45) is 0 Å². The fourth-order valence-electron chi connectivity index (χ4n) is 1.93. The van der Waals surface area contributed by atoms with E-state index < -0.39 is 20.0 Å². The van der Waals surface area contributed by atoms with Crippen molar-refractivity contribution in [3.05, 3.63) is 5.69 Å². The lowest BCUT2D eigenvalue weighted by molar-refractivity contribution is 0.295. The SMILES string of the molecule is CCc1nonc1S(=O)(=O)NCCN1CCCS1(=O)=O. The second kappa shape index (κ2) is 5.76. The predicted octanol–water partition coefficient (Wildman–Crippen LogP) is -1.05. The summed E-state index contributed by atoms with van der Waals surface area (Å²) in [6.07, 6.45) is 0.947. The summed E-state index contributed by atoms with van der Waals surface area (Å²) < 4.78 is 55.0. The predicted molar refractivity (Wildman–Crippen MR) is 68.8 cm³/mol. The zero-order valence-corrected chi connectivity index (χ0v) is 12.6. The molecule has 1 fully saturated rings. The Labute approximate surface area is 117 Å². The van der Waals surface area contributed by atoms with Crippen LogP contribution in [0.15, 0.2) is 9.65 Å². The summed E-state index contributed by atoms with van der Waals surface area (Å²) in [4.78, 5) is 0. The highest BCUT2D eigenvalue weighted by atomic mass is 32.2. The monoisotopic (exact) mass is 324 g/mol. The molecule has 0 radical (unpaired) electrons. The molecule has 1 aliphatic heterocycles. The molecule has 1 aromatic rings. The van der Waals surface area contributed by atoms with E-state index in [9.17, 15) is 16.8 Å². The van der Waals surface area contributed by atoms with Crippen molar-refractivity contribution in [2.45, 2.75) is 24.8 Å². The Kier molecular flexibility index (Phi) is 4.42. The van der Waals surface area contributed by atoms with Crippen LogP contribution in [0.4, 0.5) is 0 Å². The van der Waals surface area contributed by atoms with E-state index in [1.54, 1.807) is 6.92 Å². The number of sulfonamides is 2. The number of hydrogen-bond acceptors (Lipinski definition) is 7. The number of nitrogens with one attached hydrogen (secondary N) is 1. The van der Waals surface area contributed by atoms with E-state index in [0.717, 1.165) is 0 Å². The molecule has 1 aromatic heterocycles. The molecule has 2 heterocycles. The van der Waals surface area contributed by atoms with Gasteiger partial charge in [0.25, 0.3) is 10.0 Å². The van der Waals surface area contributed by atoms with Gasteiger partial charge in [-0.1, -0.05) is 12.1 Å². The molecular weight excluding hydrogens is 308 g/mol. The first kappa shape index (κ1) is 15.4. The summed E-state index contributed by atoms with van der Waals surface area (Å²) in [6.45, 7) is 2.25. The Morgan fingerprint density at radius 2 is 2.15 bits per heavy atom. The first-order chi connectivity index (χ1) is 9.37. The molecule has 0 saturated carbocycles. The van der Waals surface area contributed by atoms with E-state index in [-0.39, 0.29) is 29.6 Å². The summed E-state index contributed by atoms with van der Waals surface area (Å²) >= 11 is 0. The smallest absolute Gasteiger partial charge is 0.243 e. The zero-order valence-electron chi connectivity index (χ0n) is 10.9. The third kappa shape index (κ3) is 3.16. The van der Waals surface area contributed by atoms with E-state index in [2.05, 4.69) is 19.7 Å². The highest BCUT2D eigenvalue weighted by Gasteiger charge is 2.29. The first-order valence-electron chi connectivity index (χ1n) is 6.16. The number of hydrogen-bond donors (Lipinski definition) is 1. The van der Waals surface area contributed by atoms with Gasteiger partial charge in [-0.25, -0.2) is 30.5 Å². The maximum atomic E-state index is 12.0. The van der Waals surface area contributed by atoms with Gasteiger partial charge in [0, 0.05) is 19.6 Å². The van der Waals surface area contributed by atoms with Crippen LogP contribution in [0.1, 0.15) is 19.0 Å². The Balaban J connectivity index is 1.97. The zero-order chi connectivity index (χ0) is 14.8. The molecule has 0 amide bonds. The van der Waals surface area contributed by atoms with Crippen molar-refractivity contribution < 1.29 is 21.5 Å². The van der Waals surface area contributed by atoms with Gasteiger partial charge in [-0.05, 0) is 18.0 Å². The van der Waals surface area contributed by atoms with Gasteiger partial charge in [-0.15, -0.1) is 0 Å². The molecule has 0 bridgehead atoms. The van der Waals surface area contributed by atoms with Crippen LogP contribution in [0.25, 0.3) is 0 Å². The molecule has 114 valence electrons. The second-order valence-electron chi connectivity index (χ2n) is 4.34. The van der Waals surface area contributed by atoms with Crippen molar-refractivity contribution in [3.8, 4) is 0 Å². The van der Waals surface area contributed by atoms with Crippen LogP contribution in [-0.2, 0) is 26.5 Å². The van der Waals surface area contributed by atoms with Gasteiger partial charge in [-0.3, -0.25) is 0 Å². The van der Waals surface area contributed by atoms with Crippen LogP contribution >= 0.6 is 0 Å². The summed E-state index contributed by atoms with van der Waals surface area (Å²) in [7, 11) is -7.05. The van der Waals surface area contributed by atoms with Gasteiger partial charge in [0.05, 0.1) is 5.75 Å². The van der Waals surface area contributed by atoms with Crippen LogP contribution in [0, 0.1) is 0 Å². The van der Waals surface area contributed by atoms with Gasteiger partial charge >= 0.3 is 0 Å². The average Bonchev–Trinajstić information content (AvgIpc) is 2.96. The molecule has 0 atom stereocenters. The van der Waals surface area contributed by atoms with Crippen LogP contribution in [0.3, 0.4) is 0 Å². The van der Waals surface area contributed by atoms with E-state index in [1.165, 1.54) is 4.31 Å². The van der Waals surface area contributed by atoms with Crippen LogP contribution < -0.4 is 4.72 Å². The summed E-state index contributed by atoms with van der Waals surface area (Å²) in [6, 6.07) is 0. The van der Waals surface area contributed by atoms with Gasteiger partial charge in [0.15, 0.2) is 0 Å². The number of nitrogens with zero attached hydrogens (tertiary/aromatic N) is 3. The minimum absolute atomic E-state index is 0.0163. The minimum Gasteiger partial charge on any atom is -0.243 e. The van der Waals surface area contributed by atoms with Crippen molar-refractivity contribution in [2.75, 3.05) is 25.4 Å². The van der Waals surface area contributed by atoms with Crippen molar-refractivity contribution in [3.63, 3.8) is 0 Å². The molecule has 9 nitrogen and oxygen atoms in total. The van der Waals surface area contributed by atoms with E-state index >= 15 is 0 Å². The molecule has 20 heavy (non-hydrogen) atoms. The molecule has 1 aliphatic rings. The lowest BCUT2D eigenvalue weighted by atomic mass is 10.4. The van der Waals surface area contributed by atoms with E-state index in [0.29, 0.717) is 19.4 Å². The normalized spacial score (nSPS) is 19.4.